The summed E-state index contributed by atoms with van der Waals surface area (Å²) in [7, 11) is 0. The van der Waals surface area contributed by atoms with Gasteiger partial charge in [0, 0.05) is 5.69 Å². The van der Waals surface area contributed by atoms with Crippen LogP contribution in [0.2, 0.25) is 0 Å². The molecule has 0 saturated heterocycles. The van der Waals surface area contributed by atoms with E-state index in [0.29, 0.717) is 0 Å². The molecule has 2 aromatic carbocycles. The number of hydrogen-bond acceptors (Lipinski definition) is 2. The molecule has 23 heavy (non-hydrogen) atoms. The van der Waals surface area contributed by atoms with E-state index in [1.807, 2.05) is 70.2 Å². The lowest BCUT2D eigenvalue weighted by molar-refractivity contribution is -0.112. The molecule has 0 saturated carbocycles. The third-order valence-corrected chi connectivity index (χ3v) is 3.67. The zero-order chi connectivity index (χ0) is 17.0. The normalized spacial score (nSPS) is 11.0. The lowest BCUT2D eigenvalue weighted by Gasteiger charge is -2.12. The number of anilines is 1. The van der Waals surface area contributed by atoms with E-state index in [0.717, 1.165) is 33.5 Å². The monoisotopic (exact) mass is 304 g/mol. The molecule has 116 valence electrons. The highest BCUT2D eigenvalue weighted by molar-refractivity contribution is 6.10. The first-order valence-electron chi connectivity index (χ1n) is 7.48. The summed E-state index contributed by atoms with van der Waals surface area (Å²) in [6, 6.07) is 13.7. The fourth-order valence-corrected chi connectivity index (χ4v) is 2.54. The second kappa shape index (κ2) is 6.93. The second-order valence-corrected chi connectivity index (χ2v) is 5.81. The summed E-state index contributed by atoms with van der Waals surface area (Å²) in [6.45, 7) is 7.91. The van der Waals surface area contributed by atoms with Crippen molar-refractivity contribution < 1.29 is 4.79 Å². The van der Waals surface area contributed by atoms with Gasteiger partial charge >= 0.3 is 0 Å². The molecule has 0 aliphatic heterocycles. The summed E-state index contributed by atoms with van der Waals surface area (Å²) in [6.07, 6.45) is 1.60. The minimum atomic E-state index is -0.386. The zero-order valence-electron chi connectivity index (χ0n) is 13.9. The van der Waals surface area contributed by atoms with Crippen molar-refractivity contribution in [3.05, 3.63) is 69.8 Å². The van der Waals surface area contributed by atoms with E-state index in [-0.39, 0.29) is 11.5 Å². The quantitative estimate of drug-likeness (QED) is 0.672. The Morgan fingerprint density at radius 1 is 1.00 bits per heavy atom. The molecule has 2 rings (SSSR count). The van der Waals surface area contributed by atoms with Crippen molar-refractivity contribution in [3.8, 4) is 6.07 Å². The number of amides is 1. The van der Waals surface area contributed by atoms with Crippen molar-refractivity contribution in [1.82, 2.24) is 0 Å². The molecule has 0 unspecified atom stereocenters. The van der Waals surface area contributed by atoms with Crippen LogP contribution in [0.15, 0.2) is 42.0 Å². The van der Waals surface area contributed by atoms with E-state index in [1.165, 1.54) is 0 Å². The van der Waals surface area contributed by atoms with Gasteiger partial charge in [0.05, 0.1) is 0 Å². The van der Waals surface area contributed by atoms with Gasteiger partial charge in [0.25, 0.3) is 5.91 Å². The van der Waals surface area contributed by atoms with Crippen molar-refractivity contribution in [2.45, 2.75) is 27.7 Å². The van der Waals surface area contributed by atoms with Gasteiger partial charge in [-0.1, -0.05) is 47.5 Å². The number of nitrogens with one attached hydrogen (secondary N) is 1. The number of nitrogens with zero attached hydrogens (tertiary/aromatic N) is 1. The van der Waals surface area contributed by atoms with Gasteiger partial charge < -0.3 is 5.32 Å². The Morgan fingerprint density at radius 3 is 2.09 bits per heavy atom. The van der Waals surface area contributed by atoms with Crippen molar-refractivity contribution in [2.24, 2.45) is 0 Å². The van der Waals surface area contributed by atoms with E-state index in [2.05, 4.69) is 5.32 Å². The number of nitriles is 1. The standard InChI is InChI=1S/C20H20N2O/c1-13-5-7-17(8-6-13)11-18(12-21)20(23)22-19-15(3)9-14(2)10-16(19)4/h5-11H,1-4H3,(H,22,23)/b18-11+. The van der Waals surface area contributed by atoms with Crippen LogP contribution in [0.4, 0.5) is 5.69 Å². The lowest BCUT2D eigenvalue weighted by atomic mass is 10.0. The van der Waals surface area contributed by atoms with Crippen molar-refractivity contribution in [1.29, 1.82) is 5.26 Å². The molecule has 0 aromatic heterocycles. The first-order chi connectivity index (χ1) is 10.9. The van der Waals surface area contributed by atoms with Crippen LogP contribution < -0.4 is 5.32 Å². The van der Waals surface area contributed by atoms with Gasteiger partial charge in [-0.3, -0.25) is 4.79 Å². The van der Waals surface area contributed by atoms with Gasteiger partial charge in [-0.05, 0) is 50.5 Å². The van der Waals surface area contributed by atoms with Gasteiger partial charge in [-0.2, -0.15) is 5.26 Å². The number of carbonyl (C=O) groups excluding carboxylic acids is 1. The Bertz CT molecular complexity index is 786. The smallest absolute Gasteiger partial charge is 0.266 e. The molecule has 0 radical (unpaired) electrons. The average molecular weight is 304 g/mol. The molecule has 1 amide bonds. The minimum absolute atomic E-state index is 0.0910. The van der Waals surface area contributed by atoms with Crippen LogP contribution in [0, 0.1) is 39.0 Å². The Morgan fingerprint density at radius 2 is 1.57 bits per heavy atom. The molecule has 2 aromatic rings. The highest BCUT2D eigenvalue weighted by Crippen LogP contribution is 2.22. The topological polar surface area (TPSA) is 52.9 Å². The van der Waals surface area contributed by atoms with Crippen LogP contribution in [0.3, 0.4) is 0 Å². The molecular weight excluding hydrogens is 284 g/mol. The fourth-order valence-electron chi connectivity index (χ4n) is 2.54. The molecule has 0 aliphatic carbocycles. The largest absolute Gasteiger partial charge is 0.321 e. The average Bonchev–Trinajstić information content (AvgIpc) is 2.50. The van der Waals surface area contributed by atoms with Crippen LogP contribution in [-0.4, -0.2) is 5.91 Å². The molecule has 0 fully saturated rings. The van der Waals surface area contributed by atoms with Crippen LogP contribution in [-0.2, 0) is 4.79 Å². The molecule has 0 atom stereocenters. The molecule has 3 nitrogen and oxygen atoms in total. The van der Waals surface area contributed by atoms with Gasteiger partial charge in [0.2, 0.25) is 0 Å². The maximum Gasteiger partial charge on any atom is 0.266 e. The Balaban J connectivity index is 2.28. The SMILES string of the molecule is Cc1ccc(/C=C(\C#N)C(=O)Nc2c(C)cc(C)cc2C)cc1. The first-order valence-corrected chi connectivity index (χ1v) is 7.48. The molecule has 1 N–H and O–H groups in total. The molecule has 0 heterocycles. The predicted octanol–water partition coefficient (Wildman–Crippen LogP) is 4.47. The Kier molecular flexibility index (Phi) is 4.98. The molecule has 3 heteroatoms. The minimum Gasteiger partial charge on any atom is -0.321 e. The van der Waals surface area contributed by atoms with Crippen LogP contribution in [0.5, 0.6) is 0 Å². The van der Waals surface area contributed by atoms with Crippen LogP contribution in [0.25, 0.3) is 6.08 Å². The fraction of sp³-hybridized carbons (Fsp3) is 0.200. The van der Waals surface area contributed by atoms with E-state index in [1.54, 1.807) is 6.08 Å². The Hall–Kier alpha value is -2.86. The van der Waals surface area contributed by atoms with Gasteiger partial charge in [-0.15, -0.1) is 0 Å². The molecule has 0 bridgehead atoms. The van der Waals surface area contributed by atoms with Gasteiger partial charge in [0.1, 0.15) is 11.6 Å². The number of rotatable bonds is 3. The summed E-state index contributed by atoms with van der Waals surface area (Å²) in [4.78, 5) is 12.4. The number of carbonyl (C=O) groups is 1. The number of benzene rings is 2. The third-order valence-electron chi connectivity index (χ3n) is 3.67. The maximum absolute atomic E-state index is 12.4. The van der Waals surface area contributed by atoms with E-state index in [4.69, 9.17) is 0 Å². The van der Waals surface area contributed by atoms with Gasteiger partial charge in [0.15, 0.2) is 0 Å². The molecular formula is C20H20N2O. The third kappa shape index (κ3) is 4.08. The van der Waals surface area contributed by atoms with Crippen LogP contribution in [0.1, 0.15) is 27.8 Å². The second-order valence-electron chi connectivity index (χ2n) is 5.81. The summed E-state index contributed by atoms with van der Waals surface area (Å²) in [5.41, 5.74) is 5.95. The lowest BCUT2D eigenvalue weighted by Crippen LogP contribution is -2.15. The highest BCUT2D eigenvalue weighted by Gasteiger charge is 2.12. The summed E-state index contributed by atoms with van der Waals surface area (Å²) in [5, 5.41) is 12.2. The zero-order valence-corrected chi connectivity index (χ0v) is 13.9. The summed E-state index contributed by atoms with van der Waals surface area (Å²) < 4.78 is 0. The van der Waals surface area contributed by atoms with E-state index < -0.39 is 0 Å². The van der Waals surface area contributed by atoms with E-state index in [9.17, 15) is 10.1 Å². The Labute approximate surface area is 137 Å². The summed E-state index contributed by atoms with van der Waals surface area (Å²) in [5.74, 6) is -0.386. The van der Waals surface area contributed by atoms with Crippen LogP contribution >= 0.6 is 0 Å². The number of hydrogen-bond donors (Lipinski definition) is 1. The highest BCUT2D eigenvalue weighted by atomic mass is 16.1. The maximum atomic E-state index is 12.4. The predicted molar refractivity (Wildman–Crippen MR) is 94.1 cm³/mol. The van der Waals surface area contributed by atoms with Gasteiger partial charge in [-0.25, -0.2) is 0 Å². The van der Waals surface area contributed by atoms with E-state index >= 15 is 0 Å². The van der Waals surface area contributed by atoms with Crippen molar-refractivity contribution >= 4 is 17.7 Å². The molecule has 0 aliphatic rings. The van der Waals surface area contributed by atoms with Crippen molar-refractivity contribution in [2.75, 3.05) is 5.32 Å². The number of aryl methyl sites for hydroxylation is 4. The summed E-state index contributed by atoms with van der Waals surface area (Å²) >= 11 is 0. The first kappa shape index (κ1) is 16.5. The molecule has 0 spiro atoms. The van der Waals surface area contributed by atoms with Crippen molar-refractivity contribution in [3.63, 3.8) is 0 Å².